The summed E-state index contributed by atoms with van der Waals surface area (Å²) in [5.74, 6) is 0.496. The van der Waals surface area contributed by atoms with Crippen LogP contribution < -0.4 is 4.74 Å². The first-order chi connectivity index (χ1) is 7.29. The number of hydrogen-bond donors (Lipinski definition) is 1. The van der Waals surface area contributed by atoms with Crippen molar-refractivity contribution >= 4 is 17.9 Å². The molecule has 0 saturated heterocycles. The van der Waals surface area contributed by atoms with Gasteiger partial charge in [0.2, 0.25) is 0 Å². The first-order valence-corrected chi connectivity index (χ1v) is 5.14. The van der Waals surface area contributed by atoms with Crippen molar-refractivity contribution in [2.45, 2.75) is 12.8 Å². The fraction of sp³-hybridized carbons (Fsp3) is 0.364. The summed E-state index contributed by atoms with van der Waals surface area (Å²) in [6.07, 6.45) is 2.13. The summed E-state index contributed by atoms with van der Waals surface area (Å²) in [5.41, 5.74) is 0.378. The molecule has 0 fully saturated rings. The lowest BCUT2D eigenvalue weighted by atomic mass is 10.2. The Morgan fingerprint density at radius 3 is 2.87 bits per heavy atom. The lowest BCUT2D eigenvalue weighted by Gasteiger charge is -2.08. The smallest absolute Gasteiger partial charge is 0.155 e. The van der Waals surface area contributed by atoms with Gasteiger partial charge in [-0.25, -0.2) is 0 Å². The first kappa shape index (κ1) is 12.0. The van der Waals surface area contributed by atoms with E-state index >= 15 is 0 Å². The maximum absolute atomic E-state index is 10.7. The second-order valence-electron chi connectivity index (χ2n) is 3.05. The van der Waals surface area contributed by atoms with Crippen molar-refractivity contribution in [3.05, 3.63) is 28.8 Å². The molecule has 0 atom stereocenters. The lowest BCUT2D eigenvalue weighted by molar-refractivity contribution is 0.111. The Hall–Kier alpha value is -1.06. The van der Waals surface area contributed by atoms with Gasteiger partial charge < -0.3 is 9.84 Å². The molecule has 0 aliphatic rings. The molecule has 0 spiro atoms. The summed E-state index contributed by atoms with van der Waals surface area (Å²) in [7, 11) is 0. The van der Waals surface area contributed by atoms with Gasteiger partial charge in [-0.1, -0.05) is 17.7 Å². The molecule has 3 nitrogen and oxygen atoms in total. The van der Waals surface area contributed by atoms with Crippen molar-refractivity contribution in [3.8, 4) is 5.75 Å². The minimum atomic E-state index is 0.152. The highest BCUT2D eigenvalue weighted by atomic mass is 35.5. The normalized spacial score (nSPS) is 10.0. The molecule has 4 heteroatoms. The van der Waals surface area contributed by atoms with Crippen LogP contribution in [0.25, 0.3) is 0 Å². The number of carbonyl (C=O) groups excluding carboxylic acids is 1. The molecule has 0 heterocycles. The summed E-state index contributed by atoms with van der Waals surface area (Å²) in [4.78, 5) is 10.7. The van der Waals surface area contributed by atoms with E-state index < -0.39 is 0 Å². The number of halogens is 1. The van der Waals surface area contributed by atoms with Gasteiger partial charge in [-0.05, 0) is 25.0 Å². The average Bonchev–Trinajstić information content (AvgIpc) is 2.24. The van der Waals surface area contributed by atoms with Crippen LogP contribution >= 0.6 is 11.6 Å². The van der Waals surface area contributed by atoms with Gasteiger partial charge in [0.05, 0.1) is 17.2 Å². The van der Waals surface area contributed by atoms with Gasteiger partial charge in [-0.3, -0.25) is 4.79 Å². The number of carbonyl (C=O) groups is 1. The summed E-state index contributed by atoms with van der Waals surface area (Å²) in [5, 5.41) is 8.97. The van der Waals surface area contributed by atoms with Crippen LogP contribution in [0.3, 0.4) is 0 Å². The van der Waals surface area contributed by atoms with Crippen LogP contribution in [-0.2, 0) is 0 Å². The van der Waals surface area contributed by atoms with E-state index in [0.717, 1.165) is 6.42 Å². The Bertz CT molecular complexity index is 326. The minimum absolute atomic E-state index is 0.152. The summed E-state index contributed by atoms with van der Waals surface area (Å²) >= 11 is 5.82. The topological polar surface area (TPSA) is 46.5 Å². The quantitative estimate of drug-likeness (QED) is 0.600. The highest BCUT2D eigenvalue weighted by molar-refractivity contribution is 6.33. The fourth-order valence-electron chi connectivity index (χ4n) is 1.15. The molecule has 1 rings (SSSR count). The Morgan fingerprint density at radius 1 is 1.40 bits per heavy atom. The molecule has 0 saturated carbocycles. The molecule has 0 amide bonds. The largest absolute Gasteiger partial charge is 0.493 e. The standard InChI is InChI=1S/C11H13ClO3/c12-10-4-3-5-11(9(10)8-14)15-7-2-1-6-13/h3-5,8,13H,1-2,6-7H2. The zero-order chi connectivity index (χ0) is 11.1. The van der Waals surface area contributed by atoms with E-state index in [1.807, 2.05) is 0 Å². The second kappa shape index (κ2) is 6.43. The van der Waals surface area contributed by atoms with E-state index in [1.54, 1.807) is 18.2 Å². The highest BCUT2D eigenvalue weighted by Crippen LogP contribution is 2.24. The molecule has 1 N–H and O–H groups in total. The Kier molecular flexibility index (Phi) is 5.15. The third-order valence-corrected chi connectivity index (χ3v) is 2.27. The van der Waals surface area contributed by atoms with Crippen molar-refractivity contribution in [2.24, 2.45) is 0 Å². The second-order valence-corrected chi connectivity index (χ2v) is 3.46. The number of rotatable bonds is 6. The third-order valence-electron chi connectivity index (χ3n) is 1.94. The van der Waals surface area contributed by atoms with Gasteiger partial charge in [-0.15, -0.1) is 0 Å². The third kappa shape index (κ3) is 3.53. The SMILES string of the molecule is O=Cc1c(Cl)cccc1OCCCCO. The van der Waals surface area contributed by atoms with Crippen molar-refractivity contribution in [2.75, 3.05) is 13.2 Å². The van der Waals surface area contributed by atoms with E-state index in [1.165, 1.54) is 0 Å². The van der Waals surface area contributed by atoms with Crippen molar-refractivity contribution in [1.82, 2.24) is 0 Å². The fourth-order valence-corrected chi connectivity index (χ4v) is 1.36. The van der Waals surface area contributed by atoms with Crippen LogP contribution in [0.15, 0.2) is 18.2 Å². The molecule has 0 aromatic heterocycles. The van der Waals surface area contributed by atoms with Crippen LogP contribution in [-0.4, -0.2) is 24.6 Å². The van der Waals surface area contributed by atoms with E-state index in [0.29, 0.717) is 35.6 Å². The number of aliphatic hydroxyl groups excluding tert-OH is 1. The van der Waals surface area contributed by atoms with Crippen LogP contribution in [0.5, 0.6) is 5.75 Å². The number of aldehydes is 1. The molecule has 1 aromatic rings. The lowest BCUT2D eigenvalue weighted by Crippen LogP contribution is -2.01. The molecule has 1 aromatic carbocycles. The average molecular weight is 229 g/mol. The molecule has 0 bridgehead atoms. The molecule has 15 heavy (non-hydrogen) atoms. The Labute approximate surface area is 93.6 Å². The number of aliphatic hydroxyl groups is 1. The Balaban J connectivity index is 2.60. The summed E-state index contributed by atoms with van der Waals surface area (Å²) in [6, 6.07) is 5.08. The van der Waals surface area contributed by atoms with Gasteiger partial charge in [0.15, 0.2) is 6.29 Å². The zero-order valence-electron chi connectivity index (χ0n) is 8.28. The van der Waals surface area contributed by atoms with Gasteiger partial charge in [-0.2, -0.15) is 0 Å². The molecular formula is C11H13ClO3. The van der Waals surface area contributed by atoms with Crippen molar-refractivity contribution < 1.29 is 14.6 Å². The van der Waals surface area contributed by atoms with Gasteiger partial charge in [0.1, 0.15) is 5.75 Å². The van der Waals surface area contributed by atoms with Crippen LogP contribution in [0.2, 0.25) is 5.02 Å². The van der Waals surface area contributed by atoms with E-state index in [-0.39, 0.29) is 6.61 Å². The molecule has 0 radical (unpaired) electrons. The van der Waals surface area contributed by atoms with Crippen molar-refractivity contribution in [3.63, 3.8) is 0 Å². The Morgan fingerprint density at radius 2 is 2.20 bits per heavy atom. The maximum Gasteiger partial charge on any atom is 0.155 e. The molecule has 0 aliphatic carbocycles. The molecule has 0 unspecified atom stereocenters. The van der Waals surface area contributed by atoms with Crippen LogP contribution in [0, 0.1) is 0 Å². The van der Waals surface area contributed by atoms with E-state index in [9.17, 15) is 4.79 Å². The number of unbranched alkanes of at least 4 members (excludes halogenated alkanes) is 1. The predicted octanol–water partition coefficient (Wildman–Crippen LogP) is 2.30. The molecule has 0 aliphatic heterocycles. The maximum atomic E-state index is 10.7. The van der Waals surface area contributed by atoms with Crippen molar-refractivity contribution in [1.29, 1.82) is 0 Å². The molecule has 82 valence electrons. The minimum Gasteiger partial charge on any atom is -0.493 e. The predicted molar refractivity (Wildman–Crippen MR) is 58.7 cm³/mol. The molecular weight excluding hydrogens is 216 g/mol. The van der Waals surface area contributed by atoms with Crippen LogP contribution in [0.4, 0.5) is 0 Å². The highest BCUT2D eigenvalue weighted by Gasteiger charge is 2.06. The van der Waals surface area contributed by atoms with Gasteiger partial charge in [0, 0.05) is 6.61 Å². The number of hydrogen-bond acceptors (Lipinski definition) is 3. The van der Waals surface area contributed by atoms with E-state index in [2.05, 4.69) is 0 Å². The monoisotopic (exact) mass is 228 g/mol. The number of benzene rings is 1. The summed E-state index contributed by atoms with van der Waals surface area (Å²) < 4.78 is 5.38. The zero-order valence-corrected chi connectivity index (χ0v) is 9.04. The van der Waals surface area contributed by atoms with Crippen LogP contribution in [0.1, 0.15) is 23.2 Å². The van der Waals surface area contributed by atoms with E-state index in [4.69, 9.17) is 21.4 Å². The first-order valence-electron chi connectivity index (χ1n) is 4.77. The van der Waals surface area contributed by atoms with Gasteiger partial charge in [0.25, 0.3) is 0 Å². The summed E-state index contributed by atoms with van der Waals surface area (Å²) in [6.45, 7) is 0.626. The number of ether oxygens (including phenoxy) is 1. The van der Waals surface area contributed by atoms with Gasteiger partial charge >= 0.3 is 0 Å².